The van der Waals surface area contributed by atoms with Gasteiger partial charge in [-0.3, -0.25) is 0 Å². The van der Waals surface area contributed by atoms with E-state index in [0.29, 0.717) is 16.7 Å². The number of hydrogen-bond acceptors (Lipinski definition) is 4. The van der Waals surface area contributed by atoms with Gasteiger partial charge >= 0.3 is 0 Å². The molecule has 6 heteroatoms. The van der Waals surface area contributed by atoms with Crippen molar-refractivity contribution in [1.82, 2.24) is 10.0 Å². The lowest BCUT2D eigenvalue weighted by Crippen LogP contribution is -2.24. The molecular weight excluding hydrogens is 292 g/mol. The van der Waals surface area contributed by atoms with Crippen LogP contribution in [-0.2, 0) is 16.6 Å². The van der Waals surface area contributed by atoms with Crippen LogP contribution in [0.5, 0.6) is 0 Å². The zero-order valence-corrected chi connectivity index (χ0v) is 14.2. The van der Waals surface area contributed by atoms with Gasteiger partial charge in [-0.15, -0.1) is 11.3 Å². The molecule has 0 spiro atoms. The van der Waals surface area contributed by atoms with Gasteiger partial charge in [0.05, 0.1) is 0 Å². The van der Waals surface area contributed by atoms with Crippen molar-refractivity contribution in [2.24, 2.45) is 5.92 Å². The highest BCUT2D eigenvalue weighted by atomic mass is 32.2. The van der Waals surface area contributed by atoms with Crippen LogP contribution in [0.3, 0.4) is 0 Å². The zero-order valence-electron chi connectivity index (χ0n) is 12.6. The summed E-state index contributed by atoms with van der Waals surface area (Å²) in [7, 11) is -3.33. The molecule has 0 aliphatic carbocycles. The van der Waals surface area contributed by atoms with Crippen LogP contribution in [0.2, 0.25) is 0 Å². The Kier molecular flexibility index (Phi) is 7.72. The molecule has 0 bridgehead atoms. The number of thiophene rings is 1. The van der Waals surface area contributed by atoms with Crippen molar-refractivity contribution in [3.8, 4) is 0 Å². The van der Waals surface area contributed by atoms with Crippen molar-refractivity contribution in [1.29, 1.82) is 0 Å². The van der Waals surface area contributed by atoms with Gasteiger partial charge in [0.15, 0.2) is 0 Å². The van der Waals surface area contributed by atoms with Gasteiger partial charge < -0.3 is 5.32 Å². The summed E-state index contributed by atoms with van der Waals surface area (Å²) in [5.74, 6) is 0.609. The molecule has 1 rings (SSSR count). The Hall–Kier alpha value is -0.430. The first-order valence-corrected chi connectivity index (χ1v) is 9.54. The normalized spacial score (nSPS) is 12.2. The Morgan fingerprint density at radius 2 is 2.00 bits per heavy atom. The third-order valence-electron chi connectivity index (χ3n) is 2.88. The van der Waals surface area contributed by atoms with E-state index in [9.17, 15) is 8.42 Å². The molecular formula is C14H26N2O2S2. The van der Waals surface area contributed by atoms with Crippen LogP contribution >= 0.6 is 11.3 Å². The lowest BCUT2D eigenvalue weighted by molar-refractivity contribution is 0.540. The van der Waals surface area contributed by atoms with E-state index >= 15 is 0 Å². The molecule has 0 saturated carbocycles. The summed E-state index contributed by atoms with van der Waals surface area (Å²) in [6, 6.07) is 3.58. The van der Waals surface area contributed by atoms with E-state index in [2.05, 4.69) is 30.8 Å². The Morgan fingerprint density at radius 3 is 2.65 bits per heavy atom. The number of hydrogen-bond donors (Lipinski definition) is 2. The SMILES string of the molecule is CCCNCc1ccc(S(=O)(=O)NCCCC(C)C)s1. The van der Waals surface area contributed by atoms with Crippen LogP contribution in [0.15, 0.2) is 16.3 Å². The molecule has 0 aliphatic rings. The molecule has 0 aromatic carbocycles. The Balaban J connectivity index is 2.46. The maximum absolute atomic E-state index is 12.1. The Labute approximate surface area is 127 Å². The smallest absolute Gasteiger partial charge is 0.250 e. The fourth-order valence-corrected chi connectivity index (χ4v) is 4.22. The highest BCUT2D eigenvalue weighted by Crippen LogP contribution is 2.21. The van der Waals surface area contributed by atoms with Gasteiger partial charge in [-0.25, -0.2) is 13.1 Å². The van der Waals surface area contributed by atoms with E-state index in [4.69, 9.17) is 0 Å². The van der Waals surface area contributed by atoms with E-state index < -0.39 is 10.0 Å². The van der Waals surface area contributed by atoms with Crippen molar-refractivity contribution in [3.05, 3.63) is 17.0 Å². The molecule has 1 heterocycles. The molecule has 0 saturated heterocycles. The second-order valence-electron chi connectivity index (χ2n) is 5.33. The van der Waals surface area contributed by atoms with Crippen molar-refractivity contribution < 1.29 is 8.42 Å². The van der Waals surface area contributed by atoms with Crippen LogP contribution in [0, 0.1) is 5.92 Å². The van der Waals surface area contributed by atoms with Gasteiger partial charge in [-0.05, 0) is 43.9 Å². The van der Waals surface area contributed by atoms with E-state index in [1.807, 2.05) is 6.07 Å². The van der Waals surface area contributed by atoms with Crippen molar-refractivity contribution in [2.75, 3.05) is 13.1 Å². The van der Waals surface area contributed by atoms with E-state index in [1.54, 1.807) is 6.07 Å². The number of sulfonamides is 1. The maximum atomic E-state index is 12.1. The van der Waals surface area contributed by atoms with E-state index in [-0.39, 0.29) is 0 Å². The summed E-state index contributed by atoms with van der Waals surface area (Å²) >= 11 is 1.34. The highest BCUT2D eigenvalue weighted by molar-refractivity contribution is 7.91. The minimum Gasteiger partial charge on any atom is -0.312 e. The van der Waals surface area contributed by atoms with E-state index in [1.165, 1.54) is 11.3 Å². The first-order chi connectivity index (χ1) is 9.45. The third-order valence-corrected chi connectivity index (χ3v) is 5.92. The van der Waals surface area contributed by atoms with Crippen molar-refractivity contribution >= 4 is 21.4 Å². The lowest BCUT2D eigenvalue weighted by Gasteiger charge is -2.06. The summed E-state index contributed by atoms with van der Waals surface area (Å²) in [6.45, 7) is 8.60. The second kappa shape index (κ2) is 8.77. The molecule has 1 aromatic heterocycles. The predicted molar refractivity (Wildman–Crippen MR) is 85.6 cm³/mol. The van der Waals surface area contributed by atoms with Gasteiger partial charge in [0.2, 0.25) is 10.0 Å². The van der Waals surface area contributed by atoms with Gasteiger partial charge in [0.25, 0.3) is 0 Å². The average Bonchev–Trinajstić information content (AvgIpc) is 2.84. The first-order valence-electron chi connectivity index (χ1n) is 7.24. The lowest BCUT2D eigenvalue weighted by atomic mass is 10.1. The minimum atomic E-state index is -3.33. The molecule has 0 amide bonds. The molecule has 116 valence electrons. The Morgan fingerprint density at radius 1 is 1.25 bits per heavy atom. The standard InChI is InChI=1S/C14H26N2O2S2/c1-4-9-15-11-13-7-8-14(19-13)20(17,18)16-10-5-6-12(2)3/h7-8,12,15-16H,4-6,9-11H2,1-3H3. The van der Waals surface area contributed by atoms with Gasteiger partial charge in [0.1, 0.15) is 4.21 Å². The number of rotatable bonds is 10. The molecule has 0 unspecified atom stereocenters. The molecule has 1 aromatic rings. The molecule has 2 N–H and O–H groups in total. The van der Waals surface area contributed by atoms with Gasteiger partial charge in [-0.1, -0.05) is 20.8 Å². The highest BCUT2D eigenvalue weighted by Gasteiger charge is 2.16. The van der Waals surface area contributed by atoms with Crippen LogP contribution in [-0.4, -0.2) is 21.5 Å². The molecule has 0 fully saturated rings. The maximum Gasteiger partial charge on any atom is 0.250 e. The van der Waals surface area contributed by atoms with Crippen LogP contribution in [0.25, 0.3) is 0 Å². The van der Waals surface area contributed by atoms with E-state index in [0.717, 1.165) is 37.2 Å². The van der Waals surface area contributed by atoms with Crippen LogP contribution < -0.4 is 10.0 Å². The zero-order chi connectivity index (χ0) is 15.0. The van der Waals surface area contributed by atoms with Crippen LogP contribution in [0.1, 0.15) is 44.9 Å². The third kappa shape index (κ3) is 6.35. The minimum absolute atomic E-state index is 0.412. The van der Waals surface area contributed by atoms with Crippen LogP contribution in [0.4, 0.5) is 0 Å². The molecule has 4 nitrogen and oxygen atoms in total. The quantitative estimate of drug-likeness (QED) is 0.652. The summed E-state index contributed by atoms with van der Waals surface area (Å²) in [6.07, 6.45) is 3.00. The van der Waals surface area contributed by atoms with Gasteiger partial charge in [0, 0.05) is 18.0 Å². The largest absolute Gasteiger partial charge is 0.312 e. The molecule has 0 atom stereocenters. The van der Waals surface area contributed by atoms with Crippen molar-refractivity contribution in [3.63, 3.8) is 0 Å². The first kappa shape index (κ1) is 17.6. The topological polar surface area (TPSA) is 58.2 Å². The fourth-order valence-electron chi connectivity index (χ4n) is 1.77. The van der Waals surface area contributed by atoms with Gasteiger partial charge in [-0.2, -0.15) is 0 Å². The molecule has 0 aliphatic heterocycles. The average molecular weight is 319 g/mol. The fraction of sp³-hybridized carbons (Fsp3) is 0.714. The molecule has 0 radical (unpaired) electrons. The molecule has 20 heavy (non-hydrogen) atoms. The summed E-state index contributed by atoms with van der Waals surface area (Å²) in [5, 5.41) is 3.28. The summed E-state index contributed by atoms with van der Waals surface area (Å²) in [5.41, 5.74) is 0. The summed E-state index contributed by atoms with van der Waals surface area (Å²) in [4.78, 5) is 1.06. The second-order valence-corrected chi connectivity index (χ2v) is 8.49. The monoisotopic (exact) mass is 318 g/mol. The summed E-state index contributed by atoms with van der Waals surface area (Å²) < 4.78 is 27.3. The predicted octanol–water partition coefficient (Wildman–Crippen LogP) is 2.96. The Bertz CT molecular complexity index is 481. The number of nitrogens with one attached hydrogen (secondary N) is 2. The van der Waals surface area contributed by atoms with Crippen molar-refractivity contribution in [2.45, 2.75) is 50.8 Å².